The van der Waals surface area contributed by atoms with E-state index >= 15 is 0 Å². The van der Waals surface area contributed by atoms with Gasteiger partial charge in [-0.05, 0) is 30.7 Å². The molecule has 0 aliphatic carbocycles. The molecule has 2 atom stereocenters. The van der Waals surface area contributed by atoms with Gasteiger partial charge in [-0.15, -0.1) is 0 Å². The van der Waals surface area contributed by atoms with Crippen molar-refractivity contribution in [2.45, 2.75) is 25.1 Å². The van der Waals surface area contributed by atoms with Crippen LogP contribution in [0.5, 0.6) is 5.75 Å². The van der Waals surface area contributed by atoms with Crippen LogP contribution in [-0.4, -0.2) is 16.2 Å². The van der Waals surface area contributed by atoms with E-state index in [1.165, 1.54) is 12.1 Å². The minimum atomic E-state index is -2.98. The molecule has 1 aromatic heterocycles. The lowest BCUT2D eigenvalue weighted by Gasteiger charge is -2.20. The Kier molecular flexibility index (Phi) is 4.37. The van der Waals surface area contributed by atoms with E-state index in [-0.39, 0.29) is 16.3 Å². The number of aromatic nitrogens is 2. The Labute approximate surface area is 159 Å². The molecule has 0 spiro atoms. The highest BCUT2D eigenvalue weighted by atomic mass is 79.9. The zero-order valence-electron chi connectivity index (χ0n) is 13.1. The fourth-order valence-electron chi connectivity index (χ4n) is 3.46. The molecule has 2 aromatic carbocycles. The third-order valence-corrected chi connectivity index (χ3v) is 5.44. The van der Waals surface area contributed by atoms with Gasteiger partial charge < -0.3 is 15.0 Å². The molecule has 1 aliphatic rings. The maximum absolute atomic E-state index is 14.7. The lowest BCUT2D eigenvalue weighted by Crippen LogP contribution is -2.12. The van der Waals surface area contributed by atoms with Gasteiger partial charge in [-0.2, -0.15) is 8.78 Å². The van der Waals surface area contributed by atoms with Crippen molar-refractivity contribution in [2.24, 2.45) is 5.73 Å². The van der Waals surface area contributed by atoms with Crippen molar-refractivity contribution in [3.63, 3.8) is 0 Å². The lowest BCUT2D eigenvalue weighted by molar-refractivity contribution is -0.0507. The monoisotopic (exact) mass is 445 g/mol. The average Bonchev–Trinajstić information content (AvgIpc) is 3.09. The van der Waals surface area contributed by atoms with Gasteiger partial charge in [0.05, 0.1) is 22.6 Å². The van der Waals surface area contributed by atoms with Crippen LogP contribution in [0.2, 0.25) is 5.02 Å². The minimum absolute atomic E-state index is 0.00344. The quantitative estimate of drug-likeness (QED) is 0.603. The van der Waals surface area contributed by atoms with Gasteiger partial charge in [-0.25, -0.2) is 9.37 Å². The molecule has 9 heteroatoms. The van der Waals surface area contributed by atoms with Crippen molar-refractivity contribution in [1.29, 1.82) is 0 Å². The van der Waals surface area contributed by atoms with Crippen LogP contribution >= 0.6 is 27.5 Å². The Morgan fingerprint density at radius 1 is 1.31 bits per heavy atom. The smallest absolute Gasteiger partial charge is 0.387 e. The summed E-state index contributed by atoms with van der Waals surface area (Å²) >= 11 is 9.31. The van der Waals surface area contributed by atoms with Gasteiger partial charge in [0.15, 0.2) is 5.82 Å². The highest BCUT2D eigenvalue weighted by molar-refractivity contribution is 9.10. The standard InChI is InChI=1S/C17H12BrClF3N3O/c18-7-2-1-3-12(26-17(21)22)13(7)11-6-9(23)16-24-10-5-4-8(19)14(20)15(10)25(11)16/h1-5,9,11,17H,6,23H2/t9-,11-/m1/s1. The number of rotatable bonds is 3. The second kappa shape index (κ2) is 6.44. The zero-order chi connectivity index (χ0) is 18.6. The molecular formula is C17H12BrClF3N3O. The molecule has 0 unspecified atom stereocenters. The Balaban J connectivity index is 1.97. The summed E-state index contributed by atoms with van der Waals surface area (Å²) in [5.74, 6) is -0.140. The van der Waals surface area contributed by atoms with Crippen LogP contribution in [0, 0.1) is 5.82 Å². The van der Waals surface area contributed by atoms with E-state index in [0.717, 1.165) is 0 Å². The fourth-order valence-corrected chi connectivity index (χ4v) is 4.22. The average molecular weight is 447 g/mol. The van der Waals surface area contributed by atoms with E-state index < -0.39 is 24.5 Å². The predicted molar refractivity (Wildman–Crippen MR) is 95.2 cm³/mol. The summed E-state index contributed by atoms with van der Waals surface area (Å²) in [5.41, 5.74) is 7.25. The van der Waals surface area contributed by atoms with Gasteiger partial charge in [0.25, 0.3) is 0 Å². The van der Waals surface area contributed by atoms with Crippen LogP contribution in [0.3, 0.4) is 0 Å². The summed E-state index contributed by atoms with van der Waals surface area (Å²) in [6.45, 7) is -2.98. The Bertz CT molecular complexity index is 1010. The second-order valence-electron chi connectivity index (χ2n) is 5.96. The maximum Gasteiger partial charge on any atom is 0.387 e. The molecule has 0 bridgehead atoms. The van der Waals surface area contributed by atoms with Crippen LogP contribution < -0.4 is 10.5 Å². The lowest BCUT2D eigenvalue weighted by atomic mass is 10.0. The molecule has 0 amide bonds. The van der Waals surface area contributed by atoms with E-state index in [0.29, 0.717) is 27.8 Å². The molecule has 0 fully saturated rings. The van der Waals surface area contributed by atoms with Crippen LogP contribution in [-0.2, 0) is 0 Å². The first-order valence-corrected chi connectivity index (χ1v) is 8.90. The number of nitrogens with zero attached hydrogens (tertiary/aromatic N) is 2. The number of imidazole rings is 1. The predicted octanol–water partition coefficient (Wildman–Crippen LogP) is 5.19. The topological polar surface area (TPSA) is 53.1 Å². The van der Waals surface area contributed by atoms with Crippen molar-refractivity contribution < 1.29 is 17.9 Å². The van der Waals surface area contributed by atoms with Crippen molar-refractivity contribution in [3.8, 4) is 5.75 Å². The molecular weight excluding hydrogens is 435 g/mol. The normalized spacial score (nSPS) is 19.3. The first-order valence-electron chi connectivity index (χ1n) is 7.73. The van der Waals surface area contributed by atoms with Crippen molar-refractivity contribution >= 4 is 38.6 Å². The molecule has 0 saturated heterocycles. The van der Waals surface area contributed by atoms with E-state index in [1.54, 1.807) is 22.8 Å². The molecule has 0 saturated carbocycles. The maximum atomic E-state index is 14.7. The largest absolute Gasteiger partial charge is 0.434 e. The number of alkyl halides is 2. The summed E-state index contributed by atoms with van der Waals surface area (Å²) in [7, 11) is 0. The number of hydrogen-bond donors (Lipinski definition) is 1. The summed E-state index contributed by atoms with van der Waals surface area (Å²) in [6, 6.07) is 6.76. The first-order chi connectivity index (χ1) is 12.4. The summed E-state index contributed by atoms with van der Waals surface area (Å²) in [6.07, 6.45) is 0.367. The van der Waals surface area contributed by atoms with Crippen LogP contribution in [0.4, 0.5) is 13.2 Å². The molecule has 2 heterocycles. The van der Waals surface area contributed by atoms with E-state index in [9.17, 15) is 13.2 Å². The third-order valence-electron chi connectivity index (χ3n) is 4.45. The molecule has 0 radical (unpaired) electrons. The number of hydrogen-bond acceptors (Lipinski definition) is 3. The molecule has 26 heavy (non-hydrogen) atoms. The van der Waals surface area contributed by atoms with Gasteiger partial charge in [0.1, 0.15) is 17.1 Å². The summed E-state index contributed by atoms with van der Waals surface area (Å²) < 4.78 is 47.3. The fraction of sp³-hybridized carbons (Fsp3) is 0.235. The minimum Gasteiger partial charge on any atom is -0.434 e. The second-order valence-corrected chi connectivity index (χ2v) is 7.22. The number of fused-ring (bicyclic) bond motifs is 3. The Morgan fingerprint density at radius 2 is 2.08 bits per heavy atom. The first kappa shape index (κ1) is 17.6. The molecule has 3 aromatic rings. The van der Waals surface area contributed by atoms with Crippen molar-refractivity contribution in [3.05, 3.63) is 57.0 Å². The molecule has 1 aliphatic heterocycles. The molecule has 136 valence electrons. The summed E-state index contributed by atoms with van der Waals surface area (Å²) in [5, 5.41) is -0.0457. The number of benzene rings is 2. The highest BCUT2D eigenvalue weighted by Gasteiger charge is 2.37. The van der Waals surface area contributed by atoms with Crippen LogP contribution in [0.15, 0.2) is 34.8 Å². The number of ether oxygens (including phenoxy) is 1. The van der Waals surface area contributed by atoms with Gasteiger partial charge in [-0.1, -0.05) is 33.6 Å². The Morgan fingerprint density at radius 3 is 2.81 bits per heavy atom. The van der Waals surface area contributed by atoms with Gasteiger partial charge in [-0.3, -0.25) is 0 Å². The highest BCUT2D eigenvalue weighted by Crippen LogP contribution is 2.46. The van der Waals surface area contributed by atoms with E-state index in [4.69, 9.17) is 17.3 Å². The van der Waals surface area contributed by atoms with Crippen LogP contribution in [0.25, 0.3) is 11.0 Å². The summed E-state index contributed by atoms with van der Waals surface area (Å²) in [4.78, 5) is 4.41. The number of nitrogens with two attached hydrogens (primary N) is 1. The van der Waals surface area contributed by atoms with Crippen LogP contribution in [0.1, 0.15) is 29.9 Å². The third kappa shape index (κ3) is 2.67. The SMILES string of the molecule is N[C@@H]1C[C@H](c2c(Br)cccc2OC(F)F)n2c1nc1ccc(Cl)c(F)c12. The molecule has 4 rings (SSSR count). The van der Waals surface area contributed by atoms with Gasteiger partial charge in [0.2, 0.25) is 0 Å². The molecule has 2 N–H and O–H groups in total. The Hall–Kier alpha value is -1.77. The zero-order valence-corrected chi connectivity index (χ0v) is 15.4. The van der Waals surface area contributed by atoms with Gasteiger partial charge >= 0.3 is 6.61 Å². The molecule has 4 nitrogen and oxygen atoms in total. The van der Waals surface area contributed by atoms with E-state index in [1.807, 2.05) is 0 Å². The van der Waals surface area contributed by atoms with E-state index in [2.05, 4.69) is 25.7 Å². The van der Waals surface area contributed by atoms with Gasteiger partial charge in [0, 0.05) is 10.0 Å². The van der Waals surface area contributed by atoms with Crippen molar-refractivity contribution in [2.75, 3.05) is 0 Å². The van der Waals surface area contributed by atoms with Crippen molar-refractivity contribution in [1.82, 2.24) is 9.55 Å². The number of halogens is 5.